The Labute approximate surface area is 160 Å². The van der Waals surface area contributed by atoms with Crippen LogP contribution in [-0.2, 0) is 0 Å². The van der Waals surface area contributed by atoms with Crippen LogP contribution in [0.1, 0.15) is 17.5 Å². The topological polar surface area (TPSA) is 51.0 Å². The van der Waals surface area contributed by atoms with Crippen LogP contribution in [0.3, 0.4) is 0 Å². The van der Waals surface area contributed by atoms with E-state index in [0.29, 0.717) is 16.8 Å². The fraction of sp³-hybridized carbons (Fsp3) is 0.0476. The predicted molar refractivity (Wildman–Crippen MR) is 103 cm³/mol. The van der Waals surface area contributed by atoms with Crippen LogP contribution in [0, 0.1) is 5.82 Å². The van der Waals surface area contributed by atoms with E-state index in [0.717, 1.165) is 16.8 Å². The monoisotopic (exact) mass is 379 g/mol. The molecule has 1 atom stereocenters. The predicted octanol–water partition coefficient (Wildman–Crippen LogP) is 5.73. The third-order valence-electron chi connectivity index (χ3n) is 4.07. The molecule has 0 spiro atoms. The highest BCUT2D eigenvalue weighted by molar-refractivity contribution is 6.30. The summed E-state index contributed by atoms with van der Waals surface area (Å²) >= 11 is 6.01. The molecule has 0 aliphatic heterocycles. The van der Waals surface area contributed by atoms with Crippen molar-refractivity contribution in [1.29, 1.82) is 0 Å². The number of nitrogens with zero attached hydrogens (tertiary/aromatic N) is 2. The number of hydrogen-bond donors (Lipinski definition) is 1. The van der Waals surface area contributed by atoms with E-state index in [-0.39, 0.29) is 5.82 Å². The molecule has 0 fully saturated rings. The van der Waals surface area contributed by atoms with Crippen molar-refractivity contribution in [1.82, 2.24) is 10.2 Å². The molecular formula is C21H15ClFN3O. The summed E-state index contributed by atoms with van der Waals surface area (Å²) in [7, 11) is 0. The van der Waals surface area contributed by atoms with E-state index in [1.807, 2.05) is 42.5 Å². The van der Waals surface area contributed by atoms with Gasteiger partial charge in [-0.15, -0.1) is 10.2 Å². The fourth-order valence-electron chi connectivity index (χ4n) is 2.70. The van der Waals surface area contributed by atoms with Crippen LogP contribution in [-0.4, -0.2) is 10.2 Å². The molecule has 0 unspecified atom stereocenters. The lowest BCUT2D eigenvalue weighted by Crippen LogP contribution is -2.13. The van der Waals surface area contributed by atoms with Gasteiger partial charge in [-0.2, -0.15) is 0 Å². The average molecular weight is 380 g/mol. The maximum Gasteiger partial charge on any atom is 0.247 e. The highest BCUT2D eigenvalue weighted by atomic mass is 35.5. The number of aromatic nitrogens is 2. The van der Waals surface area contributed by atoms with Crippen LogP contribution in [0.25, 0.3) is 11.5 Å². The molecule has 0 amide bonds. The first-order chi connectivity index (χ1) is 13.2. The van der Waals surface area contributed by atoms with Crippen molar-refractivity contribution >= 4 is 17.3 Å². The molecule has 1 N–H and O–H groups in total. The van der Waals surface area contributed by atoms with E-state index in [1.54, 1.807) is 24.3 Å². The van der Waals surface area contributed by atoms with Crippen LogP contribution in [0.4, 0.5) is 10.1 Å². The largest absolute Gasteiger partial charge is 0.418 e. The summed E-state index contributed by atoms with van der Waals surface area (Å²) in [5.41, 5.74) is 2.47. The zero-order valence-electron chi connectivity index (χ0n) is 14.1. The molecule has 6 heteroatoms. The third-order valence-corrected chi connectivity index (χ3v) is 4.32. The van der Waals surface area contributed by atoms with Crippen molar-refractivity contribution in [2.45, 2.75) is 6.04 Å². The minimum absolute atomic E-state index is 0.298. The van der Waals surface area contributed by atoms with Crippen LogP contribution >= 0.6 is 11.6 Å². The summed E-state index contributed by atoms with van der Waals surface area (Å²) in [4.78, 5) is 0. The van der Waals surface area contributed by atoms with Gasteiger partial charge in [0.15, 0.2) is 0 Å². The zero-order valence-corrected chi connectivity index (χ0v) is 14.9. The molecule has 4 rings (SSSR count). The summed E-state index contributed by atoms with van der Waals surface area (Å²) in [5, 5.41) is 12.3. The van der Waals surface area contributed by atoms with Gasteiger partial charge < -0.3 is 9.73 Å². The molecule has 4 aromatic rings. The number of benzene rings is 3. The van der Waals surface area contributed by atoms with Crippen LogP contribution in [0.2, 0.25) is 5.02 Å². The molecule has 4 nitrogen and oxygen atoms in total. The standard InChI is InChI=1S/C21H15ClFN3O/c22-16-8-6-14(7-9-16)19(24-18-12-10-17(23)11-13-18)21-26-25-20(27-21)15-4-2-1-3-5-15/h1-13,19,24H/t19-/m1/s1. The maximum atomic E-state index is 13.2. The molecule has 1 heterocycles. The van der Waals surface area contributed by atoms with E-state index in [1.165, 1.54) is 12.1 Å². The van der Waals surface area contributed by atoms with E-state index >= 15 is 0 Å². The first-order valence-electron chi connectivity index (χ1n) is 8.35. The second-order valence-corrected chi connectivity index (χ2v) is 6.38. The number of halogens is 2. The number of hydrogen-bond acceptors (Lipinski definition) is 4. The van der Waals surface area contributed by atoms with Crippen LogP contribution < -0.4 is 5.32 Å². The third kappa shape index (κ3) is 3.99. The molecule has 0 saturated carbocycles. The first-order valence-corrected chi connectivity index (χ1v) is 8.73. The summed E-state index contributed by atoms with van der Waals surface area (Å²) in [6.07, 6.45) is 0. The van der Waals surface area contributed by atoms with Crippen molar-refractivity contribution in [3.05, 3.63) is 101 Å². The van der Waals surface area contributed by atoms with Gasteiger partial charge in [0.2, 0.25) is 11.8 Å². The van der Waals surface area contributed by atoms with Gasteiger partial charge in [0.25, 0.3) is 0 Å². The van der Waals surface area contributed by atoms with Gasteiger partial charge in [-0.1, -0.05) is 41.9 Å². The molecule has 3 aromatic carbocycles. The van der Waals surface area contributed by atoms with Crippen molar-refractivity contribution < 1.29 is 8.81 Å². The highest BCUT2D eigenvalue weighted by Crippen LogP contribution is 2.29. The van der Waals surface area contributed by atoms with Gasteiger partial charge >= 0.3 is 0 Å². The Morgan fingerprint density at radius 3 is 2.26 bits per heavy atom. The summed E-state index contributed by atoms with van der Waals surface area (Å²) < 4.78 is 19.1. The average Bonchev–Trinajstić information content (AvgIpc) is 3.19. The molecule has 0 saturated heterocycles. The Morgan fingerprint density at radius 1 is 0.852 bits per heavy atom. The van der Waals surface area contributed by atoms with Gasteiger partial charge in [-0.05, 0) is 54.1 Å². The fourth-order valence-corrected chi connectivity index (χ4v) is 2.83. The Bertz CT molecular complexity index is 1020. The van der Waals surface area contributed by atoms with E-state index < -0.39 is 6.04 Å². The second-order valence-electron chi connectivity index (χ2n) is 5.95. The minimum Gasteiger partial charge on any atom is -0.418 e. The number of rotatable bonds is 5. The van der Waals surface area contributed by atoms with E-state index in [2.05, 4.69) is 15.5 Å². The molecular weight excluding hydrogens is 365 g/mol. The Morgan fingerprint density at radius 2 is 1.56 bits per heavy atom. The second kappa shape index (κ2) is 7.60. The molecule has 0 aliphatic carbocycles. The lowest BCUT2D eigenvalue weighted by molar-refractivity contribution is 0.494. The maximum absolute atomic E-state index is 13.2. The molecule has 134 valence electrons. The quantitative estimate of drug-likeness (QED) is 0.481. The Balaban J connectivity index is 1.70. The van der Waals surface area contributed by atoms with E-state index in [4.69, 9.17) is 16.0 Å². The summed E-state index contributed by atoms with van der Waals surface area (Å²) in [6.45, 7) is 0. The summed E-state index contributed by atoms with van der Waals surface area (Å²) in [6, 6.07) is 22.6. The molecule has 0 aliphatic rings. The minimum atomic E-state index is -0.405. The van der Waals surface area contributed by atoms with Crippen molar-refractivity contribution in [3.63, 3.8) is 0 Å². The van der Waals surface area contributed by atoms with Gasteiger partial charge in [-0.3, -0.25) is 0 Å². The summed E-state index contributed by atoms with van der Waals surface area (Å²) in [5.74, 6) is 0.540. The molecule has 0 bridgehead atoms. The first kappa shape index (κ1) is 17.2. The van der Waals surface area contributed by atoms with Crippen molar-refractivity contribution in [3.8, 4) is 11.5 Å². The zero-order chi connectivity index (χ0) is 18.6. The Hall–Kier alpha value is -3.18. The normalized spacial score (nSPS) is 11.9. The van der Waals surface area contributed by atoms with Gasteiger partial charge in [0.1, 0.15) is 11.9 Å². The number of anilines is 1. The van der Waals surface area contributed by atoms with Gasteiger partial charge in [0, 0.05) is 16.3 Å². The molecule has 27 heavy (non-hydrogen) atoms. The lowest BCUT2D eigenvalue weighted by Gasteiger charge is -2.17. The lowest BCUT2D eigenvalue weighted by atomic mass is 10.1. The SMILES string of the molecule is Fc1ccc(N[C@H](c2ccc(Cl)cc2)c2nnc(-c3ccccc3)o2)cc1. The van der Waals surface area contributed by atoms with Gasteiger partial charge in [0.05, 0.1) is 0 Å². The van der Waals surface area contributed by atoms with E-state index in [9.17, 15) is 4.39 Å². The van der Waals surface area contributed by atoms with Crippen molar-refractivity contribution in [2.75, 3.05) is 5.32 Å². The van der Waals surface area contributed by atoms with Crippen molar-refractivity contribution in [2.24, 2.45) is 0 Å². The smallest absolute Gasteiger partial charge is 0.247 e. The highest BCUT2D eigenvalue weighted by Gasteiger charge is 2.21. The molecule has 1 aromatic heterocycles. The Kier molecular flexibility index (Phi) is 4.85. The van der Waals surface area contributed by atoms with Crippen LogP contribution in [0.5, 0.6) is 0 Å². The van der Waals surface area contributed by atoms with Gasteiger partial charge in [-0.25, -0.2) is 4.39 Å². The van der Waals surface area contributed by atoms with Crippen LogP contribution in [0.15, 0.2) is 83.3 Å². The number of nitrogens with one attached hydrogen (secondary N) is 1. The molecule has 0 radical (unpaired) electrons.